The van der Waals surface area contributed by atoms with E-state index in [1.807, 2.05) is 0 Å². The molecule has 162 valence electrons. The maximum atomic E-state index is 12.4. The Kier molecular flexibility index (Phi) is 7.51. The zero-order chi connectivity index (χ0) is 20.8. The molecule has 2 aliphatic heterocycles. The molecule has 4 N–H and O–H groups in total. The van der Waals surface area contributed by atoms with Crippen molar-refractivity contribution in [3.8, 4) is 11.5 Å². The number of hydrogen-bond acceptors (Lipinski definition) is 8. The normalized spacial score (nSPS) is 27.4. The average Bonchev–Trinajstić information content (AvgIpc) is 3.07. The highest BCUT2D eigenvalue weighted by Crippen LogP contribution is 2.27. The summed E-state index contributed by atoms with van der Waals surface area (Å²) in [4.78, 5) is 14.5. The second kappa shape index (κ2) is 10.1. The number of aliphatic hydroxyl groups is 2. The molecule has 1 aromatic carbocycles. The van der Waals surface area contributed by atoms with Crippen LogP contribution in [0.5, 0.6) is 11.5 Å². The van der Waals surface area contributed by atoms with Gasteiger partial charge >= 0.3 is 6.03 Å². The molecule has 0 saturated carbocycles. The van der Waals surface area contributed by atoms with Crippen molar-refractivity contribution in [2.75, 3.05) is 59.0 Å². The van der Waals surface area contributed by atoms with Crippen molar-refractivity contribution in [1.29, 1.82) is 0 Å². The molecular weight excluding hydrogens is 382 g/mol. The summed E-state index contributed by atoms with van der Waals surface area (Å²) in [5, 5.41) is 25.6. The Morgan fingerprint density at radius 3 is 2.41 bits per heavy atom. The predicted molar refractivity (Wildman–Crippen MR) is 105 cm³/mol. The summed E-state index contributed by atoms with van der Waals surface area (Å²) in [5.41, 5.74) is 0.518. The monoisotopic (exact) mass is 411 g/mol. The quantitative estimate of drug-likeness (QED) is 0.480. The molecule has 0 bridgehead atoms. The SMILES string of the molecule is COc1cc(NC(=O)NC[C@H]2O[C@@H](CO)[C@@H](O)[C@H]2N2CCOCC2)cc(OC)c1. The molecule has 29 heavy (non-hydrogen) atoms. The average molecular weight is 411 g/mol. The van der Waals surface area contributed by atoms with E-state index in [1.165, 1.54) is 14.2 Å². The number of rotatable bonds is 7. The van der Waals surface area contributed by atoms with Gasteiger partial charge in [0.1, 0.15) is 23.7 Å². The molecule has 4 atom stereocenters. The molecule has 0 aliphatic carbocycles. The number of morpholine rings is 1. The minimum Gasteiger partial charge on any atom is -0.497 e. The van der Waals surface area contributed by atoms with E-state index >= 15 is 0 Å². The highest BCUT2D eigenvalue weighted by Gasteiger charge is 2.46. The van der Waals surface area contributed by atoms with Crippen molar-refractivity contribution < 1.29 is 34.0 Å². The number of anilines is 1. The summed E-state index contributed by atoms with van der Waals surface area (Å²) in [6, 6.07) is 4.31. The van der Waals surface area contributed by atoms with Crippen LogP contribution in [0.15, 0.2) is 18.2 Å². The Hall–Kier alpha value is -2.11. The van der Waals surface area contributed by atoms with Gasteiger partial charge in [0.05, 0.1) is 46.2 Å². The number of ether oxygens (including phenoxy) is 4. The van der Waals surface area contributed by atoms with Crippen molar-refractivity contribution in [2.45, 2.75) is 24.4 Å². The van der Waals surface area contributed by atoms with E-state index < -0.39 is 24.3 Å². The smallest absolute Gasteiger partial charge is 0.319 e. The summed E-state index contributed by atoms with van der Waals surface area (Å²) in [7, 11) is 3.06. The van der Waals surface area contributed by atoms with Gasteiger partial charge in [-0.15, -0.1) is 0 Å². The van der Waals surface area contributed by atoms with E-state index in [9.17, 15) is 15.0 Å². The molecule has 1 aromatic rings. The number of nitrogens with one attached hydrogen (secondary N) is 2. The van der Waals surface area contributed by atoms with Crippen molar-refractivity contribution in [2.24, 2.45) is 0 Å². The molecule has 2 heterocycles. The molecule has 0 spiro atoms. The van der Waals surface area contributed by atoms with Crippen LogP contribution in [-0.2, 0) is 9.47 Å². The van der Waals surface area contributed by atoms with Crippen LogP contribution in [0.25, 0.3) is 0 Å². The summed E-state index contributed by atoms with van der Waals surface area (Å²) >= 11 is 0. The Balaban J connectivity index is 1.60. The third-order valence-corrected chi connectivity index (χ3v) is 5.18. The highest BCUT2D eigenvalue weighted by atomic mass is 16.5. The molecule has 0 unspecified atom stereocenters. The van der Waals surface area contributed by atoms with Gasteiger partial charge in [0.15, 0.2) is 0 Å². The fourth-order valence-corrected chi connectivity index (χ4v) is 3.72. The fourth-order valence-electron chi connectivity index (χ4n) is 3.72. The van der Waals surface area contributed by atoms with Gasteiger partial charge in [-0.05, 0) is 0 Å². The minimum absolute atomic E-state index is 0.183. The summed E-state index contributed by atoms with van der Waals surface area (Å²) in [6.45, 7) is 2.37. The molecule has 2 amide bonds. The molecule has 2 saturated heterocycles. The second-order valence-electron chi connectivity index (χ2n) is 6.96. The van der Waals surface area contributed by atoms with Crippen LogP contribution in [0.4, 0.5) is 10.5 Å². The maximum Gasteiger partial charge on any atom is 0.319 e. The van der Waals surface area contributed by atoms with Crippen LogP contribution < -0.4 is 20.1 Å². The lowest BCUT2D eigenvalue weighted by molar-refractivity contribution is -0.0214. The predicted octanol–water partition coefficient (Wildman–Crippen LogP) is -0.353. The topological polar surface area (TPSA) is 122 Å². The number of methoxy groups -OCH3 is 2. The largest absolute Gasteiger partial charge is 0.497 e. The van der Waals surface area contributed by atoms with E-state index in [2.05, 4.69) is 15.5 Å². The van der Waals surface area contributed by atoms with Crippen LogP contribution in [0, 0.1) is 0 Å². The van der Waals surface area contributed by atoms with E-state index in [0.717, 1.165) is 0 Å². The van der Waals surface area contributed by atoms with Crippen molar-refractivity contribution in [3.05, 3.63) is 18.2 Å². The maximum absolute atomic E-state index is 12.4. The van der Waals surface area contributed by atoms with Crippen LogP contribution in [0.3, 0.4) is 0 Å². The molecule has 3 rings (SSSR count). The van der Waals surface area contributed by atoms with Gasteiger partial charge in [-0.2, -0.15) is 0 Å². The molecule has 10 nitrogen and oxygen atoms in total. The van der Waals surface area contributed by atoms with Crippen LogP contribution in [0.1, 0.15) is 0 Å². The number of carbonyl (C=O) groups is 1. The first-order chi connectivity index (χ1) is 14.0. The highest BCUT2D eigenvalue weighted by molar-refractivity contribution is 5.89. The third kappa shape index (κ3) is 5.28. The lowest BCUT2D eigenvalue weighted by atomic mass is 10.0. The first-order valence-electron chi connectivity index (χ1n) is 9.59. The van der Waals surface area contributed by atoms with Gasteiger partial charge in [-0.1, -0.05) is 0 Å². The number of carbonyl (C=O) groups excluding carboxylic acids is 1. The number of aliphatic hydroxyl groups excluding tert-OH is 2. The first kappa shape index (κ1) is 21.6. The Morgan fingerprint density at radius 1 is 1.17 bits per heavy atom. The number of amides is 2. The molecule has 0 aromatic heterocycles. The molecular formula is C19H29N3O7. The van der Waals surface area contributed by atoms with Gasteiger partial charge in [0.25, 0.3) is 0 Å². The summed E-state index contributed by atoms with van der Waals surface area (Å²) in [5.74, 6) is 1.11. The van der Waals surface area contributed by atoms with Crippen molar-refractivity contribution >= 4 is 11.7 Å². The van der Waals surface area contributed by atoms with E-state index in [-0.39, 0.29) is 19.2 Å². The summed E-state index contributed by atoms with van der Waals surface area (Å²) < 4.78 is 21.6. The number of urea groups is 1. The van der Waals surface area contributed by atoms with Crippen molar-refractivity contribution in [3.63, 3.8) is 0 Å². The molecule has 2 aliphatic rings. The fraction of sp³-hybridized carbons (Fsp3) is 0.632. The lowest BCUT2D eigenvalue weighted by Gasteiger charge is -2.36. The molecule has 2 fully saturated rings. The van der Waals surface area contributed by atoms with Gasteiger partial charge in [0.2, 0.25) is 0 Å². The number of nitrogens with zero attached hydrogens (tertiary/aromatic N) is 1. The number of hydrogen-bond donors (Lipinski definition) is 4. The van der Waals surface area contributed by atoms with Crippen LogP contribution in [-0.4, -0.2) is 99.2 Å². The third-order valence-electron chi connectivity index (χ3n) is 5.18. The molecule has 10 heteroatoms. The van der Waals surface area contributed by atoms with Gasteiger partial charge in [0, 0.05) is 43.5 Å². The minimum atomic E-state index is -0.837. The van der Waals surface area contributed by atoms with Crippen LogP contribution in [0.2, 0.25) is 0 Å². The van der Waals surface area contributed by atoms with E-state index in [4.69, 9.17) is 18.9 Å². The zero-order valence-corrected chi connectivity index (χ0v) is 16.7. The first-order valence-corrected chi connectivity index (χ1v) is 9.59. The second-order valence-corrected chi connectivity index (χ2v) is 6.96. The zero-order valence-electron chi connectivity index (χ0n) is 16.7. The Morgan fingerprint density at radius 2 is 1.83 bits per heavy atom. The van der Waals surface area contributed by atoms with E-state index in [1.54, 1.807) is 18.2 Å². The number of benzene rings is 1. The lowest BCUT2D eigenvalue weighted by Crippen LogP contribution is -2.54. The van der Waals surface area contributed by atoms with Crippen molar-refractivity contribution in [1.82, 2.24) is 10.2 Å². The van der Waals surface area contributed by atoms with E-state index in [0.29, 0.717) is 43.5 Å². The summed E-state index contributed by atoms with van der Waals surface area (Å²) in [6.07, 6.45) is -1.97. The Labute approximate surface area is 169 Å². The standard InChI is InChI=1S/C19H29N3O7/c1-26-13-7-12(8-14(9-13)27-2)21-19(25)20-10-15-17(18(24)16(11-23)29-15)22-3-5-28-6-4-22/h7-9,15-18,23-24H,3-6,10-11H2,1-2H3,(H2,20,21,25)/t15-,16+,17+,18-/m1/s1. The molecule has 0 radical (unpaired) electrons. The van der Waals surface area contributed by atoms with Gasteiger partial charge in [-0.25, -0.2) is 4.79 Å². The van der Waals surface area contributed by atoms with Crippen LogP contribution >= 0.6 is 0 Å². The van der Waals surface area contributed by atoms with Gasteiger partial charge in [-0.3, -0.25) is 4.90 Å². The Bertz CT molecular complexity index is 662. The van der Waals surface area contributed by atoms with Gasteiger partial charge < -0.3 is 39.8 Å².